The molecule has 7 nitrogen and oxygen atoms in total. The largest absolute Gasteiger partial charge is 0.508 e. The molecule has 1 N–H and O–H groups in total. The van der Waals surface area contributed by atoms with E-state index < -0.39 is 17.9 Å². The molecule has 7 heteroatoms. The van der Waals surface area contributed by atoms with Gasteiger partial charge >= 0.3 is 17.9 Å². The summed E-state index contributed by atoms with van der Waals surface area (Å²) in [7, 11) is 0. The van der Waals surface area contributed by atoms with E-state index in [0.29, 0.717) is 6.42 Å². The Morgan fingerprint density at radius 2 is 1.44 bits per heavy atom. The Hall–Kier alpha value is -2.83. The molecule has 0 radical (unpaired) electrons. The fourth-order valence-electron chi connectivity index (χ4n) is 1.71. The molecule has 1 aromatic rings. The zero-order valence-electron chi connectivity index (χ0n) is 14.2. The number of carbonyl (C=O) groups excluding carboxylic acids is 3. The Morgan fingerprint density at radius 1 is 0.920 bits per heavy atom. The van der Waals surface area contributed by atoms with Gasteiger partial charge in [-0.15, -0.1) is 0 Å². The van der Waals surface area contributed by atoms with Gasteiger partial charge in [-0.05, 0) is 24.6 Å². The molecule has 0 saturated heterocycles. The minimum atomic E-state index is -0.568. The second-order valence-corrected chi connectivity index (χ2v) is 5.27. The Morgan fingerprint density at radius 3 is 2.00 bits per heavy atom. The van der Waals surface area contributed by atoms with Crippen LogP contribution in [0.25, 0.3) is 0 Å². The Kier molecular flexibility index (Phi) is 8.78. The number of hydrogen-bond donors (Lipinski definition) is 1. The van der Waals surface area contributed by atoms with E-state index in [9.17, 15) is 14.4 Å². The number of benzene rings is 1. The van der Waals surface area contributed by atoms with E-state index in [0.717, 1.165) is 5.56 Å². The summed E-state index contributed by atoms with van der Waals surface area (Å²) in [6, 6.07) is 6.59. The summed E-state index contributed by atoms with van der Waals surface area (Å²) in [5, 5.41) is 9.16. The molecule has 0 heterocycles. The molecule has 0 fully saturated rings. The minimum Gasteiger partial charge on any atom is -0.508 e. The summed E-state index contributed by atoms with van der Waals surface area (Å²) in [5.74, 6) is -1.44. The molecule has 136 valence electrons. The molecule has 0 bridgehead atoms. The molecule has 0 aliphatic rings. The lowest BCUT2D eigenvalue weighted by atomic mass is 10.1. The third kappa shape index (κ3) is 9.14. The van der Waals surface area contributed by atoms with Gasteiger partial charge in [0.2, 0.25) is 0 Å². The summed E-state index contributed by atoms with van der Waals surface area (Å²) in [4.78, 5) is 34.1. The maximum Gasteiger partial charge on any atom is 0.333 e. The smallest absolute Gasteiger partial charge is 0.333 e. The predicted molar refractivity (Wildman–Crippen MR) is 88.7 cm³/mol. The number of hydrogen-bond acceptors (Lipinski definition) is 7. The lowest BCUT2D eigenvalue weighted by molar-refractivity contribution is -0.153. The number of rotatable bonds is 10. The SMILES string of the molecule is C=C(C)C(=O)OCCOC(=O)CCC(=O)OCCc1ccc(O)cc1. The fraction of sp³-hybridized carbons (Fsp3) is 0.389. The van der Waals surface area contributed by atoms with Crippen LogP contribution in [0.15, 0.2) is 36.4 Å². The van der Waals surface area contributed by atoms with Crippen molar-refractivity contribution in [3.05, 3.63) is 42.0 Å². The van der Waals surface area contributed by atoms with Crippen molar-refractivity contribution in [3.8, 4) is 5.75 Å². The first kappa shape index (κ1) is 20.2. The highest BCUT2D eigenvalue weighted by atomic mass is 16.6. The monoisotopic (exact) mass is 350 g/mol. The Labute approximate surface area is 146 Å². The van der Waals surface area contributed by atoms with Gasteiger partial charge in [0.15, 0.2) is 0 Å². The van der Waals surface area contributed by atoms with Crippen LogP contribution in [0.2, 0.25) is 0 Å². The lowest BCUT2D eigenvalue weighted by Crippen LogP contribution is -2.15. The highest BCUT2D eigenvalue weighted by Gasteiger charge is 2.10. The molecule has 0 aromatic heterocycles. The van der Waals surface area contributed by atoms with Gasteiger partial charge in [0.1, 0.15) is 19.0 Å². The maximum absolute atomic E-state index is 11.5. The lowest BCUT2D eigenvalue weighted by Gasteiger charge is -2.07. The van der Waals surface area contributed by atoms with Crippen molar-refractivity contribution in [3.63, 3.8) is 0 Å². The summed E-state index contributed by atoms with van der Waals surface area (Å²) < 4.78 is 14.6. The quantitative estimate of drug-likeness (QED) is 0.298. The topological polar surface area (TPSA) is 99.1 Å². The second kappa shape index (κ2) is 10.9. The molecule has 1 rings (SSSR count). The number of phenolic OH excluding ortho intramolecular Hbond substituents is 1. The van der Waals surface area contributed by atoms with Gasteiger partial charge in [0.25, 0.3) is 0 Å². The molecule has 0 spiro atoms. The van der Waals surface area contributed by atoms with E-state index in [1.54, 1.807) is 24.3 Å². The minimum absolute atomic E-state index is 0.0610. The first-order chi connectivity index (χ1) is 11.9. The number of esters is 3. The number of aromatic hydroxyl groups is 1. The van der Waals surface area contributed by atoms with Crippen molar-refractivity contribution in [1.29, 1.82) is 0 Å². The van der Waals surface area contributed by atoms with Crippen molar-refractivity contribution < 1.29 is 33.7 Å². The summed E-state index contributed by atoms with van der Waals surface area (Å²) >= 11 is 0. The molecule has 0 unspecified atom stereocenters. The van der Waals surface area contributed by atoms with Crippen LogP contribution in [0.1, 0.15) is 25.3 Å². The van der Waals surface area contributed by atoms with E-state index in [-0.39, 0.29) is 44.0 Å². The average molecular weight is 350 g/mol. The van der Waals surface area contributed by atoms with E-state index >= 15 is 0 Å². The number of phenols is 1. The van der Waals surface area contributed by atoms with Crippen LogP contribution in [0.5, 0.6) is 5.75 Å². The first-order valence-electron chi connectivity index (χ1n) is 7.80. The van der Waals surface area contributed by atoms with Crippen molar-refractivity contribution in [2.45, 2.75) is 26.2 Å². The summed E-state index contributed by atoms with van der Waals surface area (Å²) in [6.07, 6.45) is 0.330. The van der Waals surface area contributed by atoms with Crippen molar-refractivity contribution in [2.75, 3.05) is 19.8 Å². The molecule has 0 amide bonds. The van der Waals surface area contributed by atoms with Crippen molar-refractivity contribution in [1.82, 2.24) is 0 Å². The molecule has 0 saturated carbocycles. The van der Waals surface area contributed by atoms with Gasteiger partial charge in [-0.3, -0.25) is 9.59 Å². The first-order valence-corrected chi connectivity index (χ1v) is 7.80. The Balaban J connectivity index is 2.08. The van der Waals surface area contributed by atoms with Crippen molar-refractivity contribution >= 4 is 17.9 Å². The van der Waals surface area contributed by atoms with E-state index in [1.165, 1.54) is 6.92 Å². The molecule has 0 aliphatic carbocycles. The maximum atomic E-state index is 11.5. The molecule has 0 aliphatic heterocycles. The molecular formula is C18H22O7. The third-order valence-electron chi connectivity index (χ3n) is 3.05. The number of ether oxygens (including phenoxy) is 3. The van der Waals surface area contributed by atoms with Crippen molar-refractivity contribution in [2.24, 2.45) is 0 Å². The van der Waals surface area contributed by atoms with Crippen LogP contribution in [0, 0.1) is 0 Å². The van der Waals surface area contributed by atoms with Gasteiger partial charge in [-0.25, -0.2) is 4.79 Å². The van der Waals surface area contributed by atoms with Crippen LogP contribution in [0.3, 0.4) is 0 Å². The standard InChI is InChI=1S/C18H22O7/c1-13(2)18(22)25-12-11-24-17(21)8-7-16(20)23-10-9-14-3-5-15(19)6-4-14/h3-6,19H,1,7-12H2,2H3. The van der Waals surface area contributed by atoms with E-state index in [4.69, 9.17) is 19.3 Å². The highest BCUT2D eigenvalue weighted by Crippen LogP contribution is 2.10. The van der Waals surface area contributed by atoms with E-state index in [1.807, 2.05) is 0 Å². The molecule has 25 heavy (non-hydrogen) atoms. The predicted octanol–water partition coefficient (Wildman–Crippen LogP) is 1.92. The van der Waals surface area contributed by atoms with Gasteiger partial charge in [0, 0.05) is 12.0 Å². The average Bonchev–Trinajstić information content (AvgIpc) is 2.58. The normalized spacial score (nSPS) is 9.96. The number of carbonyl (C=O) groups is 3. The zero-order valence-corrected chi connectivity index (χ0v) is 14.2. The van der Waals surface area contributed by atoms with Crippen LogP contribution in [-0.4, -0.2) is 42.8 Å². The fourth-order valence-corrected chi connectivity index (χ4v) is 1.71. The van der Waals surface area contributed by atoms with Crippen LogP contribution in [0.4, 0.5) is 0 Å². The van der Waals surface area contributed by atoms with Gasteiger partial charge in [-0.2, -0.15) is 0 Å². The molecule has 1 aromatic carbocycles. The van der Waals surface area contributed by atoms with Crippen LogP contribution >= 0.6 is 0 Å². The summed E-state index contributed by atoms with van der Waals surface area (Å²) in [6.45, 7) is 4.99. The van der Waals surface area contributed by atoms with Gasteiger partial charge in [0.05, 0.1) is 19.4 Å². The second-order valence-electron chi connectivity index (χ2n) is 5.27. The highest BCUT2D eigenvalue weighted by molar-refractivity contribution is 5.86. The molecular weight excluding hydrogens is 328 g/mol. The van der Waals surface area contributed by atoms with Crippen LogP contribution in [-0.2, 0) is 35.0 Å². The van der Waals surface area contributed by atoms with Crippen LogP contribution < -0.4 is 0 Å². The van der Waals surface area contributed by atoms with Gasteiger partial charge < -0.3 is 19.3 Å². The third-order valence-corrected chi connectivity index (χ3v) is 3.05. The Bertz CT molecular complexity index is 604. The molecule has 0 atom stereocenters. The zero-order chi connectivity index (χ0) is 18.7. The van der Waals surface area contributed by atoms with E-state index in [2.05, 4.69) is 6.58 Å². The van der Waals surface area contributed by atoms with Gasteiger partial charge in [-0.1, -0.05) is 18.7 Å². The summed E-state index contributed by atoms with van der Waals surface area (Å²) in [5.41, 5.74) is 1.19.